The van der Waals surface area contributed by atoms with Crippen molar-refractivity contribution in [2.75, 3.05) is 30.8 Å². The number of carbonyl (C=O) groups is 1. The van der Waals surface area contributed by atoms with Crippen LogP contribution in [0.25, 0.3) is 0 Å². The van der Waals surface area contributed by atoms with Gasteiger partial charge in [-0.1, -0.05) is 11.6 Å². The van der Waals surface area contributed by atoms with Gasteiger partial charge in [0.25, 0.3) is 0 Å². The Balaban J connectivity index is 1.95. The van der Waals surface area contributed by atoms with Gasteiger partial charge in [-0.3, -0.25) is 9.80 Å². The zero-order valence-electron chi connectivity index (χ0n) is 12.9. The Morgan fingerprint density at radius 1 is 1.52 bits per heavy atom. The van der Waals surface area contributed by atoms with Gasteiger partial charge < -0.3 is 10.1 Å². The maximum absolute atomic E-state index is 11.5. The molecular formula is C15H20ClN3O2S2. The van der Waals surface area contributed by atoms with Gasteiger partial charge in [0.2, 0.25) is 0 Å². The van der Waals surface area contributed by atoms with E-state index in [0.29, 0.717) is 16.7 Å². The third-order valence-electron chi connectivity index (χ3n) is 3.19. The predicted octanol–water partition coefficient (Wildman–Crippen LogP) is 3.29. The van der Waals surface area contributed by atoms with Crippen molar-refractivity contribution < 1.29 is 9.53 Å². The molecule has 8 heteroatoms. The van der Waals surface area contributed by atoms with Gasteiger partial charge in [-0.15, -0.1) is 11.8 Å². The van der Waals surface area contributed by atoms with E-state index >= 15 is 0 Å². The highest BCUT2D eigenvalue weighted by Gasteiger charge is 2.14. The van der Waals surface area contributed by atoms with Crippen LogP contribution >= 0.6 is 35.6 Å². The smallest absolute Gasteiger partial charge is 0.316 e. The summed E-state index contributed by atoms with van der Waals surface area (Å²) < 4.78 is 4.92. The molecule has 0 atom stereocenters. The highest BCUT2D eigenvalue weighted by molar-refractivity contribution is 8.00. The normalized spacial score (nSPS) is 14.4. The van der Waals surface area contributed by atoms with Gasteiger partial charge >= 0.3 is 5.97 Å². The number of thiocarbonyl (C=S) groups is 1. The molecular weight excluding hydrogens is 354 g/mol. The molecule has 1 aliphatic rings. The number of nitrogens with zero attached hydrogens (tertiary/aromatic N) is 1. The molecule has 1 aromatic carbocycles. The lowest BCUT2D eigenvalue weighted by atomic mass is 10.3. The number of hydrogen-bond acceptors (Lipinski definition) is 5. The van der Waals surface area contributed by atoms with Crippen LogP contribution in [0.4, 0.5) is 5.69 Å². The number of anilines is 1. The van der Waals surface area contributed by atoms with Crippen LogP contribution < -0.4 is 10.7 Å². The highest BCUT2D eigenvalue weighted by atomic mass is 35.5. The van der Waals surface area contributed by atoms with E-state index in [4.69, 9.17) is 28.6 Å². The topological polar surface area (TPSA) is 53.6 Å². The van der Waals surface area contributed by atoms with E-state index in [0.717, 1.165) is 36.5 Å². The fourth-order valence-corrected chi connectivity index (χ4v) is 3.41. The molecule has 0 amide bonds. The first-order valence-electron chi connectivity index (χ1n) is 7.50. The molecule has 1 heterocycles. The molecule has 0 bridgehead atoms. The van der Waals surface area contributed by atoms with E-state index in [1.54, 1.807) is 13.0 Å². The summed E-state index contributed by atoms with van der Waals surface area (Å²) in [5, 5.41) is 6.38. The van der Waals surface area contributed by atoms with Crippen LogP contribution in [0, 0.1) is 0 Å². The van der Waals surface area contributed by atoms with Crippen molar-refractivity contribution in [3.63, 3.8) is 0 Å². The quantitative estimate of drug-likeness (QED) is 0.466. The lowest BCUT2D eigenvalue weighted by molar-refractivity contribution is -0.139. The molecule has 0 spiro atoms. The van der Waals surface area contributed by atoms with Crippen molar-refractivity contribution in [1.29, 1.82) is 0 Å². The molecule has 126 valence electrons. The zero-order chi connectivity index (χ0) is 16.7. The molecule has 0 saturated carbocycles. The van der Waals surface area contributed by atoms with Crippen molar-refractivity contribution in [1.82, 2.24) is 10.4 Å². The van der Waals surface area contributed by atoms with E-state index in [1.807, 2.05) is 17.1 Å². The molecule has 2 N–H and O–H groups in total. The Bertz CT molecular complexity index is 566. The summed E-state index contributed by atoms with van der Waals surface area (Å²) in [4.78, 5) is 12.3. The molecule has 0 radical (unpaired) electrons. The standard InChI is InChI=1S/C15H20ClN3O2S2/c1-2-21-14(20)10-23-13-9-11(5-6-12(13)16)18-15(22)19-8-4-3-7-17-19/h5-6,9,17H,2-4,7-8,10H2,1H3,(H,18,22). The summed E-state index contributed by atoms with van der Waals surface area (Å²) in [5.74, 6) is -0.0187. The number of hydrogen-bond donors (Lipinski definition) is 2. The summed E-state index contributed by atoms with van der Waals surface area (Å²) >= 11 is 12.9. The number of carbonyl (C=O) groups excluding carboxylic acids is 1. The van der Waals surface area contributed by atoms with Crippen LogP contribution in [0.5, 0.6) is 0 Å². The zero-order valence-corrected chi connectivity index (χ0v) is 15.3. The minimum absolute atomic E-state index is 0.231. The maximum Gasteiger partial charge on any atom is 0.316 e. The van der Waals surface area contributed by atoms with E-state index in [9.17, 15) is 4.79 Å². The fraction of sp³-hybridized carbons (Fsp3) is 0.467. The van der Waals surface area contributed by atoms with Crippen LogP contribution in [0.2, 0.25) is 5.02 Å². The summed E-state index contributed by atoms with van der Waals surface area (Å²) in [6.07, 6.45) is 2.28. The molecule has 1 aromatic rings. The van der Waals surface area contributed by atoms with Gasteiger partial charge in [-0.25, -0.2) is 5.43 Å². The molecule has 5 nitrogen and oxygen atoms in total. The molecule has 1 aliphatic heterocycles. The maximum atomic E-state index is 11.5. The molecule has 23 heavy (non-hydrogen) atoms. The number of thioether (sulfide) groups is 1. The number of esters is 1. The third kappa shape index (κ3) is 5.84. The van der Waals surface area contributed by atoms with E-state index < -0.39 is 0 Å². The summed E-state index contributed by atoms with van der Waals surface area (Å²) in [7, 11) is 0. The molecule has 0 unspecified atom stereocenters. The first kappa shape index (κ1) is 18.3. The van der Waals surface area contributed by atoms with Crippen LogP contribution in [0.1, 0.15) is 19.8 Å². The number of halogens is 1. The van der Waals surface area contributed by atoms with Crippen LogP contribution in [0.3, 0.4) is 0 Å². The Kier molecular flexibility index (Phi) is 7.42. The minimum Gasteiger partial charge on any atom is -0.465 e. The van der Waals surface area contributed by atoms with Gasteiger partial charge in [0.1, 0.15) is 0 Å². The van der Waals surface area contributed by atoms with E-state index in [1.165, 1.54) is 11.8 Å². The van der Waals surface area contributed by atoms with Gasteiger partial charge in [0, 0.05) is 23.7 Å². The number of hydrazine groups is 1. The van der Waals surface area contributed by atoms with E-state index in [-0.39, 0.29) is 11.7 Å². The summed E-state index contributed by atoms with van der Waals surface area (Å²) in [6, 6.07) is 5.55. The predicted molar refractivity (Wildman–Crippen MR) is 99.0 cm³/mol. The average Bonchev–Trinajstić information content (AvgIpc) is 2.56. The second-order valence-electron chi connectivity index (χ2n) is 4.94. The number of benzene rings is 1. The second-order valence-corrected chi connectivity index (χ2v) is 6.75. The van der Waals surface area contributed by atoms with Crippen molar-refractivity contribution in [2.24, 2.45) is 0 Å². The Hall–Kier alpha value is -1.02. The second kappa shape index (κ2) is 9.32. The van der Waals surface area contributed by atoms with Gasteiger partial charge in [-0.05, 0) is 50.2 Å². The van der Waals surface area contributed by atoms with Crippen LogP contribution in [-0.4, -0.2) is 41.5 Å². The van der Waals surface area contributed by atoms with Gasteiger partial charge in [0.05, 0.1) is 17.4 Å². The van der Waals surface area contributed by atoms with Gasteiger partial charge in [-0.2, -0.15) is 0 Å². The Labute approximate surface area is 151 Å². The Morgan fingerprint density at radius 2 is 2.35 bits per heavy atom. The lowest BCUT2D eigenvalue weighted by Gasteiger charge is -2.30. The summed E-state index contributed by atoms with van der Waals surface area (Å²) in [6.45, 7) is 3.99. The first-order valence-corrected chi connectivity index (χ1v) is 9.27. The van der Waals surface area contributed by atoms with Crippen molar-refractivity contribution in [3.8, 4) is 0 Å². The average molecular weight is 374 g/mol. The number of nitrogens with one attached hydrogen (secondary N) is 2. The molecule has 1 fully saturated rings. The number of ether oxygens (including phenoxy) is 1. The fourth-order valence-electron chi connectivity index (χ4n) is 2.08. The minimum atomic E-state index is -0.250. The molecule has 1 saturated heterocycles. The molecule has 0 aliphatic carbocycles. The largest absolute Gasteiger partial charge is 0.465 e. The van der Waals surface area contributed by atoms with Crippen LogP contribution in [0.15, 0.2) is 23.1 Å². The van der Waals surface area contributed by atoms with Crippen LogP contribution in [-0.2, 0) is 9.53 Å². The van der Waals surface area contributed by atoms with Crippen molar-refractivity contribution in [3.05, 3.63) is 23.2 Å². The summed E-state index contributed by atoms with van der Waals surface area (Å²) in [5.41, 5.74) is 4.10. The molecule has 0 aromatic heterocycles. The molecule has 2 rings (SSSR count). The Morgan fingerprint density at radius 3 is 3.04 bits per heavy atom. The first-order chi connectivity index (χ1) is 11.1. The third-order valence-corrected chi connectivity index (χ3v) is 4.98. The van der Waals surface area contributed by atoms with Crippen molar-refractivity contribution in [2.45, 2.75) is 24.7 Å². The monoisotopic (exact) mass is 373 g/mol. The number of rotatable bonds is 5. The van der Waals surface area contributed by atoms with E-state index in [2.05, 4.69) is 10.7 Å². The lowest BCUT2D eigenvalue weighted by Crippen LogP contribution is -2.48. The SMILES string of the molecule is CCOC(=O)CSc1cc(NC(=S)N2CCCCN2)ccc1Cl. The van der Waals surface area contributed by atoms with Crippen molar-refractivity contribution >= 4 is 52.3 Å². The van der Waals surface area contributed by atoms with Gasteiger partial charge in [0.15, 0.2) is 5.11 Å². The highest BCUT2D eigenvalue weighted by Crippen LogP contribution is 2.30.